The number of carbonyl (C=O) groups is 1. The van der Waals surface area contributed by atoms with Gasteiger partial charge in [0.15, 0.2) is 0 Å². The molecule has 5 nitrogen and oxygen atoms in total. The van der Waals surface area contributed by atoms with E-state index in [2.05, 4.69) is 66.7 Å². The van der Waals surface area contributed by atoms with Crippen LogP contribution in [0.1, 0.15) is 45.4 Å². The van der Waals surface area contributed by atoms with Crippen LogP contribution in [-0.4, -0.2) is 54.8 Å². The van der Waals surface area contributed by atoms with Gasteiger partial charge in [-0.25, -0.2) is 0 Å². The number of amides is 1. The predicted molar refractivity (Wildman–Crippen MR) is 113 cm³/mol. The van der Waals surface area contributed by atoms with E-state index in [1.807, 2.05) is 0 Å². The lowest BCUT2D eigenvalue weighted by atomic mass is 10.1. The fraction of sp³-hybridized carbons (Fsp3) is 0.522. The zero-order valence-electron chi connectivity index (χ0n) is 17.7. The van der Waals surface area contributed by atoms with E-state index in [0.29, 0.717) is 6.54 Å². The largest absolute Gasteiger partial charge is 0.379 e. The lowest BCUT2D eigenvalue weighted by molar-refractivity contribution is 0.0383. The van der Waals surface area contributed by atoms with Crippen molar-refractivity contribution in [2.24, 2.45) is 0 Å². The Kier molecular flexibility index (Phi) is 6.92. The molecule has 2 heterocycles. The Morgan fingerprint density at radius 2 is 1.79 bits per heavy atom. The van der Waals surface area contributed by atoms with Crippen molar-refractivity contribution in [3.63, 3.8) is 0 Å². The molecule has 0 spiro atoms. The van der Waals surface area contributed by atoms with Crippen LogP contribution in [0.15, 0.2) is 24.3 Å². The van der Waals surface area contributed by atoms with Gasteiger partial charge in [-0.3, -0.25) is 9.69 Å². The third kappa shape index (κ3) is 4.65. The van der Waals surface area contributed by atoms with Crippen molar-refractivity contribution in [2.45, 2.75) is 40.7 Å². The number of aryl methyl sites for hydroxylation is 1. The van der Waals surface area contributed by atoms with E-state index in [0.717, 1.165) is 57.1 Å². The minimum absolute atomic E-state index is 0.0284. The molecule has 0 bridgehead atoms. The number of benzene rings is 1. The van der Waals surface area contributed by atoms with E-state index in [-0.39, 0.29) is 5.91 Å². The molecule has 1 N–H and O–H groups in total. The summed E-state index contributed by atoms with van der Waals surface area (Å²) in [6, 6.07) is 8.55. The number of hydrogen-bond donors (Lipinski definition) is 1. The van der Waals surface area contributed by atoms with Gasteiger partial charge in [-0.05, 0) is 43.9 Å². The van der Waals surface area contributed by atoms with E-state index in [9.17, 15) is 4.79 Å². The third-order valence-electron chi connectivity index (χ3n) is 5.77. The molecule has 1 aromatic carbocycles. The molecule has 28 heavy (non-hydrogen) atoms. The van der Waals surface area contributed by atoms with Crippen molar-refractivity contribution < 1.29 is 9.53 Å². The van der Waals surface area contributed by atoms with Gasteiger partial charge < -0.3 is 14.6 Å². The van der Waals surface area contributed by atoms with Gasteiger partial charge in [0.25, 0.3) is 5.91 Å². The van der Waals surface area contributed by atoms with E-state index in [1.54, 1.807) is 0 Å². The highest BCUT2D eigenvalue weighted by Crippen LogP contribution is 2.24. The number of ether oxygens (including phenoxy) is 1. The zero-order chi connectivity index (χ0) is 20.1. The van der Waals surface area contributed by atoms with E-state index in [1.165, 1.54) is 22.4 Å². The number of nitrogens with zero attached hydrogens (tertiary/aromatic N) is 2. The molecule has 0 aliphatic carbocycles. The average molecular weight is 384 g/mol. The molecule has 0 unspecified atom stereocenters. The van der Waals surface area contributed by atoms with Gasteiger partial charge in [0.2, 0.25) is 0 Å². The highest BCUT2D eigenvalue weighted by Gasteiger charge is 2.22. The van der Waals surface area contributed by atoms with Crippen molar-refractivity contribution >= 4 is 5.91 Å². The fourth-order valence-electron chi connectivity index (χ4n) is 4.07. The Balaban J connectivity index is 1.76. The van der Waals surface area contributed by atoms with Gasteiger partial charge in [0.1, 0.15) is 5.69 Å². The van der Waals surface area contributed by atoms with Crippen LogP contribution in [0.2, 0.25) is 0 Å². The van der Waals surface area contributed by atoms with Crippen molar-refractivity contribution in [1.82, 2.24) is 14.8 Å². The minimum Gasteiger partial charge on any atom is -0.379 e. The lowest BCUT2D eigenvalue weighted by Crippen LogP contribution is -2.41. The maximum atomic E-state index is 13.1. The first kappa shape index (κ1) is 20.6. The molecular weight excluding hydrogens is 350 g/mol. The summed E-state index contributed by atoms with van der Waals surface area (Å²) < 4.78 is 7.57. The highest BCUT2D eigenvalue weighted by molar-refractivity contribution is 5.95. The van der Waals surface area contributed by atoms with E-state index >= 15 is 0 Å². The summed E-state index contributed by atoms with van der Waals surface area (Å²) in [7, 11) is 0. The molecule has 1 aromatic heterocycles. The molecule has 0 saturated carbocycles. The van der Waals surface area contributed by atoms with Crippen LogP contribution in [0, 0.1) is 20.8 Å². The molecular formula is C23H33N3O2. The summed E-state index contributed by atoms with van der Waals surface area (Å²) in [6.45, 7) is 14.2. The lowest BCUT2D eigenvalue weighted by Gasteiger charge is -2.26. The first-order valence-electron chi connectivity index (χ1n) is 10.3. The van der Waals surface area contributed by atoms with Crippen LogP contribution in [0.25, 0.3) is 0 Å². The molecule has 152 valence electrons. The number of carbonyl (C=O) groups excluding carboxylic acids is 1. The summed E-state index contributed by atoms with van der Waals surface area (Å²) in [5.74, 6) is 0.0284. The van der Waals surface area contributed by atoms with Crippen LogP contribution >= 0.6 is 0 Å². The second-order valence-electron chi connectivity index (χ2n) is 7.67. The summed E-state index contributed by atoms with van der Waals surface area (Å²) >= 11 is 0. The SMILES string of the molecule is CCc1c(C)c(C(=O)NCCN2CCOCC2)n(Cc2ccc(C)cc2)c1C. The minimum atomic E-state index is 0.0284. The third-order valence-corrected chi connectivity index (χ3v) is 5.77. The highest BCUT2D eigenvalue weighted by atomic mass is 16.5. The Bertz CT molecular complexity index is 802. The maximum absolute atomic E-state index is 13.1. The van der Waals surface area contributed by atoms with Gasteiger partial charge >= 0.3 is 0 Å². The standard InChI is InChI=1S/C23H33N3O2/c1-5-21-18(3)22(23(27)24-10-11-25-12-14-28-15-13-25)26(19(21)4)16-20-8-6-17(2)7-9-20/h6-9H,5,10-16H2,1-4H3,(H,24,27). The van der Waals surface area contributed by atoms with Crippen LogP contribution in [0.5, 0.6) is 0 Å². The van der Waals surface area contributed by atoms with E-state index in [4.69, 9.17) is 4.74 Å². The zero-order valence-corrected chi connectivity index (χ0v) is 17.7. The molecule has 1 fully saturated rings. The number of aromatic nitrogens is 1. The topological polar surface area (TPSA) is 46.5 Å². The Morgan fingerprint density at radius 3 is 2.43 bits per heavy atom. The molecule has 1 aliphatic rings. The summed E-state index contributed by atoms with van der Waals surface area (Å²) in [5, 5.41) is 3.14. The normalized spacial score (nSPS) is 15.0. The second-order valence-corrected chi connectivity index (χ2v) is 7.67. The molecule has 1 saturated heterocycles. The average Bonchev–Trinajstić information content (AvgIpc) is 2.93. The smallest absolute Gasteiger partial charge is 0.268 e. The Hall–Kier alpha value is -2.11. The first-order chi connectivity index (χ1) is 13.5. The number of hydrogen-bond acceptors (Lipinski definition) is 3. The molecule has 1 aliphatic heterocycles. The van der Waals surface area contributed by atoms with Crippen LogP contribution in [0.3, 0.4) is 0 Å². The quantitative estimate of drug-likeness (QED) is 0.799. The molecule has 2 aromatic rings. The van der Waals surface area contributed by atoms with Gasteiger partial charge in [-0.1, -0.05) is 36.8 Å². The molecule has 0 radical (unpaired) electrons. The van der Waals surface area contributed by atoms with Crippen molar-refractivity contribution in [3.05, 3.63) is 57.9 Å². The maximum Gasteiger partial charge on any atom is 0.268 e. The molecule has 3 rings (SSSR count). The van der Waals surface area contributed by atoms with Gasteiger partial charge in [-0.15, -0.1) is 0 Å². The van der Waals surface area contributed by atoms with Crippen LogP contribution in [-0.2, 0) is 17.7 Å². The first-order valence-corrected chi connectivity index (χ1v) is 10.3. The number of morpholine rings is 1. The molecule has 5 heteroatoms. The second kappa shape index (κ2) is 9.39. The summed E-state index contributed by atoms with van der Waals surface area (Å²) in [4.78, 5) is 15.4. The Labute approximate surface area is 168 Å². The Morgan fingerprint density at radius 1 is 1.11 bits per heavy atom. The summed E-state index contributed by atoms with van der Waals surface area (Å²) in [6.07, 6.45) is 0.937. The molecule has 0 atom stereocenters. The van der Waals surface area contributed by atoms with Crippen molar-refractivity contribution in [1.29, 1.82) is 0 Å². The number of rotatable bonds is 7. The monoisotopic (exact) mass is 383 g/mol. The van der Waals surface area contributed by atoms with Gasteiger partial charge in [-0.2, -0.15) is 0 Å². The predicted octanol–water partition coefficient (Wildman–Crippen LogP) is 3.09. The molecule has 1 amide bonds. The van der Waals surface area contributed by atoms with Gasteiger partial charge in [0, 0.05) is 38.4 Å². The number of nitrogens with one attached hydrogen (secondary N) is 1. The van der Waals surface area contributed by atoms with Crippen molar-refractivity contribution in [2.75, 3.05) is 39.4 Å². The van der Waals surface area contributed by atoms with Crippen LogP contribution in [0.4, 0.5) is 0 Å². The van der Waals surface area contributed by atoms with Gasteiger partial charge in [0.05, 0.1) is 13.2 Å². The van der Waals surface area contributed by atoms with Crippen LogP contribution < -0.4 is 5.32 Å². The van der Waals surface area contributed by atoms with Crippen molar-refractivity contribution in [3.8, 4) is 0 Å². The summed E-state index contributed by atoms with van der Waals surface area (Å²) in [5.41, 5.74) is 6.85. The van der Waals surface area contributed by atoms with E-state index < -0.39 is 0 Å². The fourth-order valence-corrected chi connectivity index (χ4v) is 4.07.